The van der Waals surface area contributed by atoms with E-state index in [-0.39, 0.29) is 31.1 Å². The largest absolute Gasteiger partial charge is 0.462 e. The second kappa shape index (κ2) is 46.6. The van der Waals surface area contributed by atoms with E-state index in [1.807, 2.05) is 0 Å². The van der Waals surface area contributed by atoms with Crippen LogP contribution >= 0.6 is 0 Å². The molecule has 0 aromatic carbocycles. The average molecular weight is 803 g/mol. The number of ether oxygens (including phenoxy) is 3. The molecule has 334 valence electrons. The second-order valence-corrected chi connectivity index (χ2v) is 16.7. The lowest BCUT2D eigenvalue weighted by atomic mass is 10.1. The molecular formula is C51H94O6. The van der Waals surface area contributed by atoms with Gasteiger partial charge < -0.3 is 14.2 Å². The molecular weight excluding hydrogens is 709 g/mol. The molecule has 0 saturated carbocycles. The van der Waals surface area contributed by atoms with Gasteiger partial charge >= 0.3 is 17.9 Å². The number of carbonyl (C=O) groups excluding carboxylic acids is 3. The van der Waals surface area contributed by atoms with Crippen LogP contribution < -0.4 is 0 Å². The highest BCUT2D eigenvalue weighted by Crippen LogP contribution is 2.15. The van der Waals surface area contributed by atoms with Crippen molar-refractivity contribution in [2.75, 3.05) is 13.2 Å². The first-order valence-corrected chi connectivity index (χ1v) is 24.8. The van der Waals surface area contributed by atoms with Gasteiger partial charge in [-0.2, -0.15) is 0 Å². The summed E-state index contributed by atoms with van der Waals surface area (Å²) >= 11 is 0. The number of rotatable bonds is 45. The molecule has 0 aromatic heterocycles. The van der Waals surface area contributed by atoms with Crippen molar-refractivity contribution in [1.82, 2.24) is 0 Å². The van der Waals surface area contributed by atoms with Crippen LogP contribution in [0.2, 0.25) is 0 Å². The number of allylic oxidation sites excluding steroid dienone is 4. The van der Waals surface area contributed by atoms with Crippen molar-refractivity contribution in [3.63, 3.8) is 0 Å². The third kappa shape index (κ3) is 44.8. The fourth-order valence-electron chi connectivity index (χ4n) is 7.14. The average Bonchev–Trinajstić information content (AvgIpc) is 3.21. The van der Waals surface area contributed by atoms with Crippen LogP contribution in [0, 0.1) is 0 Å². The van der Waals surface area contributed by atoms with Gasteiger partial charge in [-0.3, -0.25) is 14.4 Å². The fraction of sp³-hybridized carbons (Fsp3) is 0.863. The van der Waals surface area contributed by atoms with Crippen molar-refractivity contribution >= 4 is 17.9 Å². The number of hydrogen-bond acceptors (Lipinski definition) is 6. The molecule has 0 amide bonds. The number of carbonyl (C=O) groups is 3. The molecule has 0 rings (SSSR count). The lowest BCUT2D eigenvalue weighted by Gasteiger charge is -2.18. The third-order valence-corrected chi connectivity index (χ3v) is 10.9. The van der Waals surface area contributed by atoms with Crippen LogP contribution in [0.3, 0.4) is 0 Å². The Morgan fingerprint density at radius 2 is 0.579 bits per heavy atom. The van der Waals surface area contributed by atoms with Crippen molar-refractivity contribution < 1.29 is 28.6 Å². The van der Waals surface area contributed by atoms with E-state index >= 15 is 0 Å². The maximum atomic E-state index is 12.7. The first-order chi connectivity index (χ1) is 28.0. The molecule has 0 aliphatic heterocycles. The second-order valence-electron chi connectivity index (χ2n) is 16.7. The molecule has 0 spiro atoms. The molecule has 0 N–H and O–H groups in total. The van der Waals surface area contributed by atoms with Crippen LogP contribution in [0.5, 0.6) is 0 Å². The zero-order chi connectivity index (χ0) is 41.5. The molecule has 0 aromatic rings. The Balaban J connectivity index is 4.19. The van der Waals surface area contributed by atoms with Crippen molar-refractivity contribution in [3.05, 3.63) is 24.3 Å². The Morgan fingerprint density at radius 3 is 0.877 bits per heavy atom. The minimum absolute atomic E-state index is 0.0734. The minimum Gasteiger partial charge on any atom is -0.462 e. The van der Waals surface area contributed by atoms with E-state index in [4.69, 9.17) is 14.2 Å². The SMILES string of the molecule is CCCCCCC/C=C\CCCCCCCC(=O)OC(COC(=O)CCCCCCCC)COC(=O)CCCCCCCCCCC/C=C\CCCCCCCC. The van der Waals surface area contributed by atoms with Gasteiger partial charge in [0, 0.05) is 19.3 Å². The van der Waals surface area contributed by atoms with Gasteiger partial charge in [-0.25, -0.2) is 0 Å². The number of unbranched alkanes of at least 4 members (excludes halogenated alkanes) is 30. The van der Waals surface area contributed by atoms with Crippen molar-refractivity contribution in [2.24, 2.45) is 0 Å². The van der Waals surface area contributed by atoms with Gasteiger partial charge in [-0.1, -0.05) is 199 Å². The summed E-state index contributed by atoms with van der Waals surface area (Å²) in [5.41, 5.74) is 0. The first kappa shape index (κ1) is 54.9. The highest BCUT2D eigenvalue weighted by atomic mass is 16.6. The Labute approximate surface area is 353 Å². The molecule has 0 radical (unpaired) electrons. The number of esters is 3. The topological polar surface area (TPSA) is 78.9 Å². The quantitative estimate of drug-likeness (QED) is 0.0264. The lowest BCUT2D eigenvalue weighted by Crippen LogP contribution is -2.30. The molecule has 0 bridgehead atoms. The molecule has 6 heteroatoms. The summed E-state index contributed by atoms with van der Waals surface area (Å²) < 4.78 is 16.7. The van der Waals surface area contributed by atoms with Gasteiger partial charge in [0.2, 0.25) is 0 Å². The predicted molar refractivity (Wildman–Crippen MR) is 243 cm³/mol. The van der Waals surface area contributed by atoms with Gasteiger partial charge in [0.15, 0.2) is 6.10 Å². The highest BCUT2D eigenvalue weighted by molar-refractivity contribution is 5.71. The minimum atomic E-state index is -0.769. The van der Waals surface area contributed by atoms with Crippen LogP contribution in [-0.2, 0) is 28.6 Å². The van der Waals surface area contributed by atoms with E-state index in [0.29, 0.717) is 19.3 Å². The van der Waals surface area contributed by atoms with Crippen molar-refractivity contribution in [1.29, 1.82) is 0 Å². The third-order valence-electron chi connectivity index (χ3n) is 10.9. The Kier molecular flexibility index (Phi) is 44.9. The Morgan fingerprint density at radius 1 is 0.333 bits per heavy atom. The summed E-state index contributed by atoms with van der Waals surface area (Å²) in [6, 6.07) is 0. The maximum absolute atomic E-state index is 12.7. The molecule has 0 aliphatic carbocycles. The molecule has 6 nitrogen and oxygen atoms in total. The monoisotopic (exact) mass is 803 g/mol. The molecule has 1 unspecified atom stereocenters. The molecule has 0 heterocycles. The Hall–Kier alpha value is -2.11. The normalized spacial score (nSPS) is 12.1. The summed E-state index contributed by atoms with van der Waals surface area (Å²) in [7, 11) is 0. The van der Waals surface area contributed by atoms with E-state index in [9.17, 15) is 14.4 Å². The van der Waals surface area contributed by atoms with E-state index in [1.54, 1.807) is 0 Å². The van der Waals surface area contributed by atoms with Crippen LogP contribution in [0.15, 0.2) is 24.3 Å². The summed E-state index contributed by atoms with van der Waals surface area (Å²) in [4.78, 5) is 37.6. The van der Waals surface area contributed by atoms with Crippen LogP contribution in [-0.4, -0.2) is 37.2 Å². The zero-order valence-electron chi connectivity index (χ0n) is 38.1. The summed E-state index contributed by atoms with van der Waals surface area (Å²) in [6.07, 6.45) is 51.8. The van der Waals surface area contributed by atoms with E-state index in [1.165, 1.54) is 161 Å². The molecule has 57 heavy (non-hydrogen) atoms. The van der Waals surface area contributed by atoms with Gasteiger partial charge in [0.05, 0.1) is 0 Å². The van der Waals surface area contributed by atoms with E-state index in [2.05, 4.69) is 45.1 Å². The Bertz CT molecular complexity index is 927. The molecule has 0 saturated heterocycles. The van der Waals surface area contributed by atoms with Gasteiger partial charge in [0.1, 0.15) is 13.2 Å². The van der Waals surface area contributed by atoms with E-state index < -0.39 is 6.10 Å². The van der Waals surface area contributed by atoms with Gasteiger partial charge in [-0.15, -0.1) is 0 Å². The maximum Gasteiger partial charge on any atom is 0.306 e. The molecule has 0 aliphatic rings. The zero-order valence-corrected chi connectivity index (χ0v) is 38.1. The van der Waals surface area contributed by atoms with Crippen LogP contribution in [0.4, 0.5) is 0 Å². The smallest absolute Gasteiger partial charge is 0.306 e. The summed E-state index contributed by atoms with van der Waals surface area (Å²) in [6.45, 7) is 6.57. The molecule has 1 atom stereocenters. The van der Waals surface area contributed by atoms with Gasteiger partial charge in [-0.05, 0) is 70.6 Å². The highest BCUT2D eigenvalue weighted by Gasteiger charge is 2.19. The summed E-state index contributed by atoms with van der Waals surface area (Å²) in [5, 5.41) is 0. The predicted octanol–water partition coefficient (Wildman–Crippen LogP) is 16.0. The van der Waals surface area contributed by atoms with Crippen molar-refractivity contribution in [3.8, 4) is 0 Å². The summed E-state index contributed by atoms with van der Waals surface area (Å²) in [5.74, 6) is -0.885. The molecule has 0 fully saturated rings. The fourth-order valence-corrected chi connectivity index (χ4v) is 7.14. The van der Waals surface area contributed by atoms with Crippen molar-refractivity contribution in [2.45, 2.75) is 271 Å². The first-order valence-electron chi connectivity index (χ1n) is 24.8. The van der Waals surface area contributed by atoms with Crippen LogP contribution in [0.25, 0.3) is 0 Å². The van der Waals surface area contributed by atoms with Crippen LogP contribution in [0.1, 0.15) is 265 Å². The van der Waals surface area contributed by atoms with Gasteiger partial charge in [0.25, 0.3) is 0 Å². The number of hydrogen-bond donors (Lipinski definition) is 0. The van der Waals surface area contributed by atoms with E-state index in [0.717, 1.165) is 64.2 Å². The standard InChI is InChI=1S/C51H94O6/c1-4-7-10-13-16-18-20-22-24-25-26-27-28-30-31-33-35-38-41-44-50(53)56-47-48(46-55-49(52)43-40-37-15-12-9-6-3)57-51(54)45-42-39-36-34-32-29-23-21-19-17-14-11-8-5-2/h21-24,48H,4-20,25-47H2,1-3H3/b23-21-,24-22-. The lowest BCUT2D eigenvalue weighted by molar-refractivity contribution is -0.167.